The summed E-state index contributed by atoms with van der Waals surface area (Å²) in [6, 6.07) is 5.80. The van der Waals surface area contributed by atoms with Gasteiger partial charge in [0.15, 0.2) is 5.82 Å². The molecule has 108 valence electrons. The number of aromatic nitrogens is 6. The van der Waals surface area contributed by atoms with Crippen molar-refractivity contribution in [2.45, 2.75) is 20.3 Å². The van der Waals surface area contributed by atoms with Gasteiger partial charge in [-0.15, -0.1) is 5.10 Å². The van der Waals surface area contributed by atoms with Crippen molar-refractivity contribution in [1.82, 2.24) is 30.0 Å². The Morgan fingerprint density at radius 3 is 2.76 bits per heavy atom. The standard InChI is InChI=1S/C14H17N7/c1-4-12-13(8-20(3)17-12)21-14(16-18-19-21)10-5-9(2)6-11(15)7-10/h5-8H,4,15H2,1-3H3. The first-order valence-corrected chi connectivity index (χ1v) is 6.77. The Balaban J connectivity index is 2.16. The normalized spacial score (nSPS) is 11.0. The summed E-state index contributed by atoms with van der Waals surface area (Å²) in [4.78, 5) is 0. The molecule has 7 nitrogen and oxygen atoms in total. The van der Waals surface area contributed by atoms with Crippen LogP contribution in [0.15, 0.2) is 24.4 Å². The van der Waals surface area contributed by atoms with Gasteiger partial charge in [0.05, 0.1) is 11.9 Å². The summed E-state index contributed by atoms with van der Waals surface area (Å²) in [5.74, 6) is 0.660. The van der Waals surface area contributed by atoms with Crippen molar-refractivity contribution in [3.8, 4) is 17.1 Å². The van der Waals surface area contributed by atoms with E-state index < -0.39 is 0 Å². The average molecular weight is 283 g/mol. The van der Waals surface area contributed by atoms with Gasteiger partial charge in [-0.2, -0.15) is 9.78 Å². The average Bonchev–Trinajstić information content (AvgIpc) is 3.02. The highest BCUT2D eigenvalue weighted by molar-refractivity contribution is 5.64. The molecule has 0 unspecified atom stereocenters. The molecule has 2 N–H and O–H groups in total. The third-order valence-corrected chi connectivity index (χ3v) is 3.27. The van der Waals surface area contributed by atoms with Crippen LogP contribution in [0.4, 0.5) is 5.69 Å². The molecule has 0 saturated carbocycles. The largest absolute Gasteiger partial charge is 0.399 e. The lowest BCUT2D eigenvalue weighted by atomic mass is 10.1. The van der Waals surface area contributed by atoms with Gasteiger partial charge in [0, 0.05) is 18.3 Å². The number of hydrogen-bond acceptors (Lipinski definition) is 5. The quantitative estimate of drug-likeness (QED) is 0.736. The topological polar surface area (TPSA) is 87.4 Å². The van der Waals surface area contributed by atoms with E-state index in [0.29, 0.717) is 11.5 Å². The minimum Gasteiger partial charge on any atom is -0.399 e. The number of tetrazole rings is 1. The summed E-state index contributed by atoms with van der Waals surface area (Å²) >= 11 is 0. The van der Waals surface area contributed by atoms with E-state index in [9.17, 15) is 0 Å². The molecule has 21 heavy (non-hydrogen) atoms. The van der Waals surface area contributed by atoms with Crippen molar-refractivity contribution in [2.24, 2.45) is 7.05 Å². The smallest absolute Gasteiger partial charge is 0.187 e. The lowest BCUT2D eigenvalue weighted by Crippen LogP contribution is -2.02. The molecule has 1 aromatic carbocycles. The SMILES string of the molecule is CCc1nn(C)cc1-n1nnnc1-c1cc(C)cc(N)c1. The van der Waals surface area contributed by atoms with Crippen molar-refractivity contribution < 1.29 is 0 Å². The molecule has 0 atom stereocenters. The Hall–Kier alpha value is -2.70. The second-order valence-corrected chi connectivity index (χ2v) is 5.03. The predicted octanol–water partition coefficient (Wildman–Crippen LogP) is 1.52. The summed E-state index contributed by atoms with van der Waals surface area (Å²) in [7, 11) is 1.89. The molecule has 0 aliphatic rings. The van der Waals surface area contributed by atoms with Crippen LogP contribution in [0.2, 0.25) is 0 Å². The maximum absolute atomic E-state index is 5.92. The van der Waals surface area contributed by atoms with Crippen LogP contribution in [-0.2, 0) is 13.5 Å². The van der Waals surface area contributed by atoms with E-state index in [0.717, 1.165) is 28.9 Å². The van der Waals surface area contributed by atoms with Crippen molar-refractivity contribution in [1.29, 1.82) is 0 Å². The summed E-state index contributed by atoms with van der Waals surface area (Å²) < 4.78 is 3.48. The summed E-state index contributed by atoms with van der Waals surface area (Å²) in [6.07, 6.45) is 2.73. The van der Waals surface area contributed by atoms with Crippen LogP contribution in [0.25, 0.3) is 17.1 Å². The van der Waals surface area contributed by atoms with Crippen molar-refractivity contribution in [3.05, 3.63) is 35.7 Å². The van der Waals surface area contributed by atoms with Crippen LogP contribution in [0.5, 0.6) is 0 Å². The Morgan fingerprint density at radius 1 is 1.24 bits per heavy atom. The number of nitrogen functional groups attached to an aromatic ring is 1. The van der Waals surface area contributed by atoms with Crippen LogP contribution >= 0.6 is 0 Å². The molecule has 7 heteroatoms. The van der Waals surface area contributed by atoms with Crippen molar-refractivity contribution in [3.63, 3.8) is 0 Å². The van der Waals surface area contributed by atoms with E-state index >= 15 is 0 Å². The third-order valence-electron chi connectivity index (χ3n) is 3.27. The molecule has 0 aliphatic carbocycles. The van der Waals surface area contributed by atoms with E-state index in [1.165, 1.54) is 0 Å². The molecule has 3 aromatic rings. The molecule has 0 saturated heterocycles. The lowest BCUT2D eigenvalue weighted by Gasteiger charge is -2.06. The monoisotopic (exact) mass is 283 g/mol. The molecule has 2 heterocycles. The minimum absolute atomic E-state index is 0.660. The fourth-order valence-electron chi connectivity index (χ4n) is 2.42. The van der Waals surface area contributed by atoms with Crippen LogP contribution in [0.3, 0.4) is 0 Å². The van der Waals surface area contributed by atoms with Gasteiger partial charge in [-0.3, -0.25) is 4.68 Å². The predicted molar refractivity (Wildman–Crippen MR) is 79.9 cm³/mol. The molecule has 0 bridgehead atoms. The Labute approximate surface area is 122 Å². The summed E-state index contributed by atoms with van der Waals surface area (Å²) in [6.45, 7) is 4.05. The zero-order chi connectivity index (χ0) is 15.0. The number of aryl methyl sites for hydroxylation is 3. The van der Waals surface area contributed by atoms with Gasteiger partial charge in [-0.1, -0.05) is 6.92 Å². The number of benzene rings is 1. The van der Waals surface area contributed by atoms with Crippen LogP contribution in [0, 0.1) is 6.92 Å². The Kier molecular flexibility index (Phi) is 3.17. The minimum atomic E-state index is 0.660. The van der Waals surface area contributed by atoms with Crippen molar-refractivity contribution >= 4 is 5.69 Å². The van der Waals surface area contributed by atoms with E-state index in [-0.39, 0.29) is 0 Å². The number of hydrogen-bond donors (Lipinski definition) is 1. The summed E-state index contributed by atoms with van der Waals surface area (Å²) in [5, 5.41) is 16.5. The highest BCUT2D eigenvalue weighted by Crippen LogP contribution is 2.24. The second-order valence-electron chi connectivity index (χ2n) is 5.03. The first-order valence-electron chi connectivity index (χ1n) is 6.77. The van der Waals surface area contributed by atoms with Gasteiger partial charge in [0.2, 0.25) is 0 Å². The second kappa shape index (κ2) is 5.01. The highest BCUT2D eigenvalue weighted by Gasteiger charge is 2.16. The van der Waals surface area contributed by atoms with E-state index in [1.807, 2.05) is 38.4 Å². The molecule has 0 radical (unpaired) electrons. The summed E-state index contributed by atoms with van der Waals surface area (Å²) in [5.41, 5.74) is 10.4. The lowest BCUT2D eigenvalue weighted by molar-refractivity contribution is 0.746. The molecular formula is C14H17N7. The molecule has 2 aromatic heterocycles. The number of anilines is 1. The van der Waals surface area contributed by atoms with Gasteiger partial charge in [0.1, 0.15) is 5.69 Å². The maximum atomic E-state index is 5.92. The molecule has 0 spiro atoms. The third kappa shape index (κ3) is 2.37. The van der Waals surface area contributed by atoms with E-state index in [2.05, 4.69) is 27.5 Å². The maximum Gasteiger partial charge on any atom is 0.187 e. The fraction of sp³-hybridized carbons (Fsp3) is 0.286. The number of rotatable bonds is 3. The van der Waals surface area contributed by atoms with Gasteiger partial charge in [0.25, 0.3) is 0 Å². The number of nitrogens with two attached hydrogens (primary N) is 1. The van der Waals surface area contributed by atoms with E-state index in [4.69, 9.17) is 5.73 Å². The fourth-order valence-corrected chi connectivity index (χ4v) is 2.42. The van der Waals surface area contributed by atoms with Gasteiger partial charge < -0.3 is 5.73 Å². The Morgan fingerprint density at radius 2 is 2.05 bits per heavy atom. The van der Waals surface area contributed by atoms with Gasteiger partial charge in [-0.25, -0.2) is 0 Å². The molecule has 3 rings (SSSR count). The first-order chi connectivity index (χ1) is 10.1. The van der Waals surface area contributed by atoms with Crippen LogP contribution in [-0.4, -0.2) is 30.0 Å². The van der Waals surface area contributed by atoms with Crippen molar-refractivity contribution in [2.75, 3.05) is 5.73 Å². The zero-order valence-corrected chi connectivity index (χ0v) is 12.3. The Bertz CT molecular complexity index is 764. The van der Waals surface area contributed by atoms with Crippen LogP contribution < -0.4 is 5.73 Å². The molecular weight excluding hydrogens is 266 g/mol. The highest BCUT2D eigenvalue weighted by atomic mass is 15.5. The van der Waals surface area contributed by atoms with E-state index in [1.54, 1.807) is 9.36 Å². The molecule has 0 amide bonds. The molecule has 0 fully saturated rings. The zero-order valence-electron chi connectivity index (χ0n) is 12.3. The number of nitrogens with zero attached hydrogens (tertiary/aromatic N) is 6. The van der Waals surface area contributed by atoms with Gasteiger partial charge in [-0.05, 0) is 47.5 Å². The first kappa shape index (κ1) is 13.3. The molecule has 0 aliphatic heterocycles. The van der Waals surface area contributed by atoms with Crippen LogP contribution in [0.1, 0.15) is 18.2 Å². The van der Waals surface area contributed by atoms with Gasteiger partial charge >= 0.3 is 0 Å².